The van der Waals surface area contributed by atoms with Crippen LogP contribution in [-0.4, -0.2) is 6.61 Å². The predicted octanol–water partition coefficient (Wildman–Crippen LogP) is 5.34. The van der Waals surface area contributed by atoms with Crippen molar-refractivity contribution in [1.29, 1.82) is 0 Å². The first kappa shape index (κ1) is 19.3. The molecule has 0 atom stereocenters. The summed E-state index contributed by atoms with van der Waals surface area (Å²) in [5, 5.41) is 0. The van der Waals surface area contributed by atoms with Crippen molar-refractivity contribution in [1.82, 2.24) is 0 Å². The molecule has 0 N–H and O–H groups in total. The topological polar surface area (TPSA) is 13.1 Å². The molecule has 0 bridgehead atoms. The number of nitrogens with zero attached hydrogens (tertiary/aromatic N) is 1. The summed E-state index contributed by atoms with van der Waals surface area (Å²) in [7, 11) is 0. The molecule has 140 valence electrons. The van der Waals surface area contributed by atoms with Crippen LogP contribution in [0, 0.1) is 0 Å². The molecule has 27 heavy (non-hydrogen) atoms. The lowest BCUT2D eigenvalue weighted by atomic mass is 10.1. The van der Waals surface area contributed by atoms with Crippen LogP contribution in [-0.2, 0) is 24.3 Å². The van der Waals surface area contributed by atoms with Crippen molar-refractivity contribution >= 4 is 0 Å². The van der Waals surface area contributed by atoms with E-state index >= 15 is 0 Å². The van der Waals surface area contributed by atoms with Crippen molar-refractivity contribution in [3.8, 4) is 0 Å². The molecular weight excluding hydrogens is 330 g/mol. The third-order valence-electron chi connectivity index (χ3n) is 4.74. The maximum Gasteiger partial charge on any atom is 0.173 e. The van der Waals surface area contributed by atoms with Gasteiger partial charge in [0.05, 0.1) is 6.61 Å². The number of rotatable bonds is 11. The Bertz CT molecular complexity index is 771. The van der Waals surface area contributed by atoms with Crippen molar-refractivity contribution in [3.05, 3.63) is 102 Å². The molecule has 2 aromatic carbocycles. The summed E-state index contributed by atoms with van der Waals surface area (Å²) in [5.74, 6) is 0. The van der Waals surface area contributed by atoms with Gasteiger partial charge >= 0.3 is 0 Å². The average Bonchev–Trinajstić information content (AvgIpc) is 2.72. The molecule has 0 fully saturated rings. The number of aryl methyl sites for hydroxylation is 1. The molecule has 0 aliphatic carbocycles. The molecule has 2 nitrogen and oxygen atoms in total. The van der Waals surface area contributed by atoms with Gasteiger partial charge in [-0.3, -0.25) is 0 Å². The number of ether oxygens (including phenoxy) is 1. The Balaban J connectivity index is 1.28. The minimum atomic E-state index is 0.728. The highest BCUT2D eigenvalue weighted by molar-refractivity contribution is 5.14. The van der Waals surface area contributed by atoms with Crippen LogP contribution in [0.5, 0.6) is 0 Å². The van der Waals surface area contributed by atoms with E-state index in [1.54, 1.807) is 0 Å². The molecule has 0 saturated carbocycles. The zero-order valence-corrected chi connectivity index (χ0v) is 16.1. The zero-order valence-electron chi connectivity index (χ0n) is 16.1. The van der Waals surface area contributed by atoms with Gasteiger partial charge in [-0.1, -0.05) is 73.5 Å². The third-order valence-corrected chi connectivity index (χ3v) is 4.74. The first-order valence-electron chi connectivity index (χ1n) is 10.0. The van der Waals surface area contributed by atoms with Crippen LogP contribution in [0.3, 0.4) is 0 Å². The molecule has 0 spiro atoms. The van der Waals surface area contributed by atoms with E-state index in [1.807, 2.05) is 6.07 Å². The summed E-state index contributed by atoms with van der Waals surface area (Å²) < 4.78 is 8.03. The van der Waals surface area contributed by atoms with Crippen LogP contribution in [0.4, 0.5) is 0 Å². The zero-order chi connectivity index (χ0) is 18.6. The second kappa shape index (κ2) is 11.3. The van der Waals surface area contributed by atoms with Gasteiger partial charge in [-0.25, -0.2) is 4.57 Å². The maximum atomic E-state index is 5.75. The van der Waals surface area contributed by atoms with Crippen molar-refractivity contribution in [2.75, 3.05) is 6.61 Å². The molecule has 0 aliphatic heterocycles. The summed E-state index contributed by atoms with van der Waals surface area (Å²) in [6.45, 7) is 2.52. The van der Waals surface area contributed by atoms with E-state index in [0.717, 1.165) is 32.6 Å². The number of pyridine rings is 1. The Morgan fingerprint density at radius 1 is 0.630 bits per heavy atom. The van der Waals surface area contributed by atoms with Gasteiger partial charge in [0.25, 0.3) is 0 Å². The molecule has 1 aromatic heterocycles. The van der Waals surface area contributed by atoms with E-state index in [2.05, 4.69) is 83.7 Å². The Kier molecular flexibility index (Phi) is 8.09. The van der Waals surface area contributed by atoms with E-state index < -0.39 is 0 Å². The van der Waals surface area contributed by atoms with E-state index in [4.69, 9.17) is 4.74 Å². The van der Waals surface area contributed by atoms with Crippen LogP contribution in [0.1, 0.15) is 42.4 Å². The molecule has 3 rings (SSSR count). The Morgan fingerprint density at radius 3 is 2.07 bits per heavy atom. The average molecular weight is 361 g/mol. The quantitative estimate of drug-likeness (QED) is 0.332. The SMILES string of the molecule is c1ccc(COCCCCCCc2ccc[n+](Cc3ccccc3)c2)cc1. The summed E-state index contributed by atoms with van der Waals surface area (Å²) in [4.78, 5) is 0. The predicted molar refractivity (Wildman–Crippen MR) is 110 cm³/mol. The van der Waals surface area contributed by atoms with Crippen molar-refractivity contribution in [3.63, 3.8) is 0 Å². The highest BCUT2D eigenvalue weighted by Gasteiger charge is 2.04. The van der Waals surface area contributed by atoms with Crippen molar-refractivity contribution in [2.24, 2.45) is 0 Å². The first-order valence-corrected chi connectivity index (χ1v) is 10.0. The minimum absolute atomic E-state index is 0.728. The second-order valence-electron chi connectivity index (χ2n) is 7.07. The van der Waals surface area contributed by atoms with Gasteiger partial charge in [0, 0.05) is 23.8 Å². The summed E-state index contributed by atoms with van der Waals surface area (Å²) >= 11 is 0. The lowest BCUT2D eigenvalue weighted by molar-refractivity contribution is -0.688. The Hall–Kier alpha value is -2.45. The summed E-state index contributed by atoms with van der Waals surface area (Å²) in [6.07, 6.45) is 10.5. The van der Waals surface area contributed by atoms with Crippen LogP contribution < -0.4 is 4.57 Å². The number of hydrogen-bond donors (Lipinski definition) is 0. The molecule has 1 heterocycles. The molecule has 0 amide bonds. The lowest BCUT2D eigenvalue weighted by Crippen LogP contribution is -2.33. The molecule has 3 aromatic rings. The molecule has 2 heteroatoms. The van der Waals surface area contributed by atoms with Crippen LogP contribution in [0.2, 0.25) is 0 Å². The Morgan fingerprint density at radius 2 is 1.30 bits per heavy atom. The van der Waals surface area contributed by atoms with Gasteiger partial charge in [0.2, 0.25) is 0 Å². The fraction of sp³-hybridized carbons (Fsp3) is 0.320. The van der Waals surface area contributed by atoms with Gasteiger partial charge in [-0.05, 0) is 30.9 Å². The second-order valence-corrected chi connectivity index (χ2v) is 7.07. The normalized spacial score (nSPS) is 10.8. The van der Waals surface area contributed by atoms with Crippen LogP contribution in [0.15, 0.2) is 85.2 Å². The van der Waals surface area contributed by atoms with E-state index in [1.165, 1.54) is 36.0 Å². The van der Waals surface area contributed by atoms with Crippen LogP contribution >= 0.6 is 0 Å². The fourth-order valence-electron chi connectivity index (χ4n) is 3.27. The van der Waals surface area contributed by atoms with Gasteiger partial charge in [-0.15, -0.1) is 0 Å². The molecule has 0 unspecified atom stereocenters. The third kappa shape index (κ3) is 7.36. The highest BCUT2D eigenvalue weighted by atomic mass is 16.5. The fourth-order valence-corrected chi connectivity index (χ4v) is 3.27. The van der Waals surface area contributed by atoms with Crippen molar-refractivity contribution in [2.45, 2.75) is 45.3 Å². The van der Waals surface area contributed by atoms with E-state index in [0.29, 0.717) is 0 Å². The van der Waals surface area contributed by atoms with E-state index in [-0.39, 0.29) is 0 Å². The van der Waals surface area contributed by atoms with Gasteiger partial charge in [0.15, 0.2) is 18.9 Å². The summed E-state index contributed by atoms with van der Waals surface area (Å²) in [6, 6.07) is 25.4. The van der Waals surface area contributed by atoms with Crippen molar-refractivity contribution < 1.29 is 9.30 Å². The lowest BCUT2D eigenvalue weighted by Gasteiger charge is -2.05. The molecule has 0 saturated heterocycles. The number of benzene rings is 2. The number of unbranched alkanes of at least 4 members (excludes halogenated alkanes) is 3. The smallest absolute Gasteiger partial charge is 0.173 e. The number of aromatic nitrogens is 1. The standard InChI is InChI=1S/C25H30NO/c1(2-10-19-27-22-25-15-8-4-9-16-25)5-12-24-17-11-18-26(21-24)20-23-13-6-3-7-14-23/h3-4,6-9,11,13-18,21H,1-2,5,10,12,19-20,22H2/q+1. The summed E-state index contributed by atoms with van der Waals surface area (Å²) in [5.41, 5.74) is 4.02. The van der Waals surface area contributed by atoms with Gasteiger partial charge in [-0.2, -0.15) is 0 Å². The Labute approximate surface area is 163 Å². The van der Waals surface area contributed by atoms with E-state index in [9.17, 15) is 0 Å². The van der Waals surface area contributed by atoms with Gasteiger partial charge in [0.1, 0.15) is 0 Å². The highest BCUT2D eigenvalue weighted by Crippen LogP contribution is 2.08. The monoisotopic (exact) mass is 360 g/mol. The van der Waals surface area contributed by atoms with Gasteiger partial charge < -0.3 is 4.74 Å². The largest absolute Gasteiger partial charge is 0.377 e. The maximum absolute atomic E-state index is 5.75. The number of hydrogen-bond acceptors (Lipinski definition) is 1. The first-order chi connectivity index (χ1) is 13.4. The van der Waals surface area contributed by atoms with Crippen LogP contribution in [0.25, 0.3) is 0 Å². The molecular formula is C25H30NO+. The minimum Gasteiger partial charge on any atom is -0.377 e. The molecule has 0 aliphatic rings. The molecule has 0 radical (unpaired) electrons.